The maximum atomic E-state index is 12.6. The van der Waals surface area contributed by atoms with Gasteiger partial charge < -0.3 is 14.8 Å². The van der Waals surface area contributed by atoms with E-state index >= 15 is 0 Å². The molecule has 2 atom stereocenters. The van der Waals surface area contributed by atoms with E-state index < -0.39 is 0 Å². The van der Waals surface area contributed by atoms with Crippen LogP contribution in [-0.4, -0.2) is 49.3 Å². The molecule has 1 fully saturated rings. The summed E-state index contributed by atoms with van der Waals surface area (Å²) in [4.78, 5) is 46.9. The van der Waals surface area contributed by atoms with E-state index in [4.69, 9.17) is 4.74 Å². The first-order chi connectivity index (χ1) is 16.4. The van der Waals surface area contributed by atoms with Crippen molar-refractivity contribution in [3.05, 3.63) is 71.8 Å². The molecule has 0 aromatic heterocycles. The molecule has 4 rings (SSSR count). The molecule has 0 amide bonds. The van der Waals surface area contributed by atoms with Crippen LogP contribution in [-0.2, 0) is 19.1 Å². The zero-order valence-corrected chi connectivity index (χ0v) is 18.8. The molecule has 3 aromatic rings. The van der Waals surface area contributed by atoms with Crippen LogP contribution in [0.4, 0.5) is 0 Å². The number of ketones is 2. The van der Waals surface area contributed by atoms with Gasteiger partial charge in [0.1, 0.15) is 6.04 Å². The lowest BCUT2D eigenvalue weighted by Gasteiger charge is -2.11. The normalized spacial score (nSPS) is 17.3. The predicted molar refractivity (Wildman–Crippen MR) is 127 cm³/mol. The standard InChI is InChI=1S/C27H25NO6/c1-17-2-11-24(28-17)27(32)34-15-26(31)23-10-9-21-12-20(7-8-22(21)13-23)18-3-5-19(6-4-18)25(30)14-33-16-29/h3-10,12-13,16-17,24,28H,2,11,14-15H2,1H3/t17-,24-/m0/s1. The molecule has 1 heterocycles. The first-order valence-corrected chi connectivity index (χ1v) is 11.1. The van der Waals surface area contributed by atoms with Crippen molar-refractivity contribution in [2.45, 2.75) is 31.8 Å². The van der Waals surface area contributed by atoms with Gasteiger partial charge in [0, 0.05) is 17.2 Å². The van der Waals surface area contributed by atoms with Gasteiger partial charge in [0.2, 0.25) is 0 Å². The van der Waals surface area contributed by atoms with E-state index in [2.05, 4.69) is 10.1 Å². The monoisotopic (exact) mass is 459 g/mol. The quantitative estimate of drug-likeness (QED) is 0.296. The van der Waals surface area contributed by atoms with Crippen LogP contribution in [0, 0.1) is 0 Å². The molecule has 0 radical (unpaired) electrons. The van der Waals surface area contributed by atoms with Gasteiger partial charge in [-0.3, -0.25) is 19.2 Å². The van der Waals surface area contributed by atoms with Crippen LogP contribution >= 0.6 is 0 Å². The van der Waals surface area contributed by atoms with Crippen LogP contribution in [0.3, 0.4) is 0 Å². The summed E-state index contributed by atoms with van der Waals surface area (Å²) in [6.45, 7) is 1.71. The molecule has 0 bridgehead atoms. The predicted octanol–water partition coefficient (Wildman–Crippen LogP) is 3.73. The Morgan fingerprint density at radius 2 is 1.50 bits per heavy atom. The highest BCUT2D eigenvalue weighted by atomic mass is 16.5. The zero-order chi connectivity index (χ0) is 24.1. The first kappa shape index (κ1) is 23.3. The van der Waals surface area contributed by atoms with Gasteiger partial charge in [-0.2, -0.15) is 0 Å². The van der Waals surface area contributed by atoms with Gasteiger partial charge in [0.15, 0.2) is 24.8 Å². The van der Waals surface area contributed by atoms with Crippen LogP contribution in [0.15, 0.2) is 60.7 Å². The van der Waals surface area contributed by atoms with Crippen molar-refractivity contribution in [1.82, 2.24) is 5.32 Å². The highest BCUT2D eigenvalue weighted by Crippen LogP contribution is 2.26. The summed E-state index contributed by atoms with van der Waals surface area (Å²) in [6.07, 6.45) is 1.64. The van der Waals surface area contributed by atoms with E-state index in [0.29, 0.717) is 11.1 Å². The smallest absolute Gasteiger partial charge is 0.323 e. The Hall–Kier alpha value is -3.84. The average Bonchev–Trinajstić information content (AvgIpc) is 3.31. The fourth-order valence-corrected chi connectivity index (χ4v) is 4.07. The number of nitrogens with one attached hydrogen (secondary N) is 1. The van der Waals surface area contributed by atoms with Crippen molar-refractivity contribution in [2.75, 3.05) is 13.2 Å². The molecule has 1 N–H and O–H groups in total. The second-order valence-electron chi connectivity index (χ2n) is 8.41. The van der Waals surface area contributed by atoms with E-state index in [1.807, 2.05) is 43.3 Å². The minimum Gasteiger partial charge on any atom is -0.459 e. The number of carbonyl (C=O) groups excluding carboxylic acids is 4. The number of carbonyl (C=O) groups is 4. The van der Waals surface area contributed by atoms with Crippen LogP contribution in [0.25, 0.3) is 21.9 Å². The fourth-order valence-electron chi connectivity index (χ4n) is 4.07. The molecule has 1 saturated heterocycles. The van der Waals surface area contributed by atoms with Crippen LogP contribution in [0.1, 0.15) is 40.5 Å². The van der Waals surface area contributed by atoms with Gasteiger partial charge in [-0.05, 0) is 53.8 Å². The van der Waals surface area contributed by atoms with Gasteiger partial charge >= 0.3 is 5.97 Å². The van der Waals surface area contributed by atoms with Gasteiger partial charge in [-0.25, -0.2) is 0 Å². The summed E-state index contributed by atoms with van der Waals surface area (Å²) < 4.78 is 9.74. The van der Waals surface area contributed by atoms with Gasteiger partial charge in [-0.15, -0.1) is 0 Å². The zero-order valence-electron chi connectivity index (χ0n) is 18.8. The molecule has 1 aliphatic rings. The van der Waals surface area contributed by atoms with Crippen molar-refractivity contribution >= 4 is 34.8 Å². The third kappa shape index (κ3) is 5.38. The van der Waals surface area contributed by atoms with Crippen molar-refractivity contribution in [2.24, 2.45) is 0 Å². The minimum absolute atomic E-state index is 0.246. The van der Waals surface area contributed by atoms with Crippen molar-refractivity contribution < 1.29 is 28.7 Å². The topological polar surface area (TPSA) is 98.8 Å². The largest absolute Gasteiger partial charge is 0.459 e. The fraction of sp³-hybridized carbons (Fsp3) is 0.259. The lowest BCUT2D eigenvalue weighted by molar-refractivity contribution is -0.144. The Balaban J connectivity index is 1.42. The molecule has 0 saturated carbocycles. The van der Waals surface area contributed by atoms with E-state index in [1.54, 1.807) is 24.3 Å². The van der Waals surface area contributed by atoms with E-state index in [0.717, 1.165) is 34.7 Å². The molecule has 174 valence electrons. The maximum Gasteiger partial charge on any atom is 0.323 e. The van der Waals surface area contributed by atoms with Gasteiger partial charge in [-0.1, -0.05) is 48.5 Å². The number of rotatable bonds is 9. The molecule has 0 aliphatic carbocycles. The Morgan fingerprint density at radius 1 is 0.853 bits per heavy atom. The highest BCUT2D eigenvalue weighted by Gasteiger charge is 2.28. The number of fused-ring (bicyclic) bond motifs is 1. The summed E-state index contributed by atoms with van der Waals surface area (Å²) in [5.41, 5.74) is 2.84. The maximum absolute atomic E-state index is 12.6. The molecule has 0 unspecified atom stereocenters. The lowest BCUT2D eigenvalue weighted by atomic mass is 9.98. The molecule has 0 spiro atoms. The third-order valence-electron chi connectivity index (χ3n) is 5.99. The second kappa shape index (κ2) is 10.4. The summed E-state index contributed by atoms with van der Waals surface area (Å²) in [5, 5.41) is 5.00. The Kier molecular flexibility index (Phi) is 7.13. The minimum atomic E-state index is -0.382. The highest BCUT2D eigenvalue weighted by molar-refractivity contribution is 6.02. The lowest BCUT2D eigenvalue weighted by Crippen LogP contribution is -2.36. The van der Waals surface area contributed by atoms with Crippen LogP contribution in [0.2, 0.25) is 0 Å². The third-order valence-corrected chi connectivity index (χ3v) is 5.99. The Labute approximate surface area is 197 Å². The van der Waals surface area contributed by atoms with Crippen molar-refractivity contribution in [1.29, 1.82) is 0 Å². The summed E-state index contributed by atoms with van der Waals surface area (Å²) in [7, 11) is 0. The summed E-state index contributed by atoms with van der Waals surface area (Å²) >= 11 is 0. The van der Waals surface area contributed by atoms with E-state index in [1.165, 1.54) is 0 Å². The Morgan fingerprint density at radius 3 is 2.21 bits per heavy atom. The number of benzene rings is 3. The number of hydrogen-bond donors (Lipinski definition) is 1. The molecule has 7 nitrogen and oxygen atoms in total. The van der Waals surface area contributed by atoms with Crippen LogP contribution in [0.5, 0.6) is 0 Å². The molecule has 34 heavy (non-hydrogen) atoms. The van der Waals surface area contributed by atoms with Gasteiger partial charge in [0.05, 0.1) is 0 Å². The number of hydrogen-bond acceptors (Lipinski definition) is 7. The summed E-state index contributed by atoms with van der Waals surface area (Å²) in [6, 6.07) is 18.3. The molecule has 7 heteroatoms. The second-order valence-corrected chi connectivity index (χ2v) is 8.41. The molecular formula is C27H25NO6. The van der Waals surface area contributed by atoms with E-state index in [9.17, 15) is 19.2 Å². The number of esters is 1. The first-order valence-electron chi connectivity index (χ1n) is 11.1. The molecule has 3 aromatic carbocycles. The van der Waals surface area contributed by atoms with Crippen molar-refractivity contribution in [3.63, 3.8) is 0 Å². The number of Topliss-reactive ketones (excluding diaryl/α,β-unsaturated/α-hetero) is 2. The number of ether oxygens (including phenoxy) is 2. The summed E-state index contributed by atoms with van der Waals surface area (Å²) in [5.74, 6) is -0.898. The SMILES string of the molecule is C[C@H]1CC[C@@H](C(=O)OCC(=O)c2ccc3cc(-c4ccc(C(=O)COC=O)cc4)ccc3c2)N1. The molecular weight excluding hydrogens is 434 g/mol. The van der Waals surface area contributed by atoms with Gasteiger partial charge in [0.25, 0.3) is 6.47 Å². The Bertz CT molecular complexity index is 1230. The molecule has 1 aliphatic heterocycles. The average molecular weight is 459 g/mol. The van der Waals surface area contributed by atoms with Crippen molar-refractivity contribution in [3.8, 4) is 11.1 Å². The van der Waals surface area contributed by atoms with E-state index in [-0.39, 0.29) is 49.3 Å². The van der Waals surface area contributed by atoms with Crippen LogP contribution < -0.4 is 5.32 Å².